The third-order valence-electron chi connectivity index (χ3n) is 3.87. The molecule has 0 saturated carbocycles. The summed E-state index contributed by atoms with van der Waals surface area (Å²) in [4.78, 5) is 6.13. The molecular weight excluding hydrogens is 278 g/mol. The second kappa shape index (κ2) is 4.60. The quantitative estimate of drug-likeness (QED) is 0.706. The van der Waals surface area contributed by atoms with Gasteiger partial charge in [0.1, 0.15) is 5.82 Å². The molecule has 0 radical (unpaired) electrons. The highest BCUT2D eigenvalue weighted by Gasteiger charge is 2.25. The zero-order valence-corrected chi connectivity index (χ0v) is 14.0. The monoisotopic (exact) mass is 299 g/mol. The number of nitrogens with two attached hydrogens (primary N) is 1. The number of anilines is 1. The first-order valence-electron chi connectivity index (χ1n) is 7.14. The molecule has 0 bridgehead atoms. The van der Waals surface area contributed by atoms with E-state index in [9.17, 15) is 0 Å². The number of thiophene rings is 1. The first kappa shape index (κ1) is 14.1. The number of imidazole rings is 1. The minimum Gasteiger partial charge on any atom is -0.390 e. The van der Waals surface area contributed by atoms with Gasteiger partial charge in [0.25, 0.3) is 0 Å². The Morgan fingerprint density at radius 1 is 1.14 bits per heavy atom. The molecule has 3 aromatic rings. The largest absolute Gasteiger partial charge is 0.390 e. The number of aryl methyl sites for hydroxylation is 1. The average molecular weight is 299 g/mol. The summed E-state index contributed by atoms with van der Waals surface area (Å²) in [5.41, 5.74) is 10.7. The topological polar surface area (TPSA) is 43.8 Å². The Hall–Kier alpha value is -1.81. The Balaban J connectivity index is 2.42. The molecule has 3 nitrogen and oxygen atoms in total. The van der Waals surface area contributed by atoms with Gasteiger partial charge < -0.3 is 10.3 Å². The summed E-state index contributed by atoms with van der Waals surface area (Å²) in [6.07, 6.45) is 0. The normalized spacial score (nSPS) is 12.2. The zero-order valence-electron chi connectivity index (χ0n) is 13.2. The fourth-order valence-corrected chi connectivity index (χ4v) is 3.74. The van der Waals surface area contributed by atoms with Crippen LogP contribution >= 0.6 is 11.3 Å². The summed E-state index contributed by atoms with van der Waals surface area (Å²) >= 11 is 1.64. The van der Waals surface area contributed by atoms with Crippen LogP contribution in [0.25, 0.3) is 22.4 Å². The fraction of sp³-hybridized carbons (Fsp3) is 0.353. The molecule has 0 amide bonds. The molecule has 0 aliphatic carbocycles. The summed E-state index contributed by atoms with van der Waals surface area (Å²) in [5, 5.41) is 0.853. The van der Waals surface area contributed by atoms with Crippen LogP contribution in [0.4, 0.5) is 5.00 Å². The van der Waals surface area contributed by atoms with Crippen molar-refractivity contribution in [3.63, 3.8) is 0 Å². The Morgan fingerprint density at radius 2 is 1.81 bits per heavy atom. The molecule has 2 N–H and O–H groups in total. The molecule has 2 heterocycles. The highest BCUT2D eigenvalue weighted by Crippen LogP contribution is 2.40. The predicted molar refractivity (Wildman–Crippen MR) is 91.9 cm³/mol. The van der Waals surface area contributed by atoms with Crippen molar-refractivity contribution in [1.82, 2.24) is 9.55 Å². The molecule has 0 spiro atoms. The second-order valence-corrected chi connectivity index (χ2v) is 7.71. The van der Waals surface area contributed by atoms with Crippen LogP contribution in [0.3, 0.4) is 0 Å². The van der Waals surface area contributed by atoms with Crippen molar-refractivity contribution in [2.24, 2.45) is 0 Å². The van der Waals surface area contributed by atoms with Gasteiger partial charge in [0.05, 0.1) is 21.6 Å². The van der Waals surface area contributed by atoms with Crippen molar-refractivity contribution in [1.29, 1.82) is 0 Å². The molecule has 2 aromatic heterocycles. The van der Waals surface area contributed by atoms with Crippen molar-refractivity contribution < 1.29 is 0 Å². The van der Waals surface area contributed by atoms with Gasteiger partial charge in [-0.2, -0.15) is 0 Å². The van der Waals surface area contributed by atoms with Gasteiger partial charge in [0, 0.05) is 10.4 Å². The van der Waals surface area contributed by atoms with E-state index in [0.29, 0.717) is 0 Å². The lowest BCUT2D eigenvalue weighted by atomic mass is 10.1. The number of hydrogen-bond donors (Lipinski definition) is 1. The van der Waals surface area contributed by atoms with Gasteiger partial charge >= 0.3 is 0 Å². The van der Waals surface area contributed by atoms with Gasteiger partial charge in [-0.1, -0.05) is 12.1 Å². The van der Waals surface area contributed by atoms with Gasteiger partial charge in [0.15, 0.2) is 0 Å². The predicted octanol–water partition coefficient (Wildman–Crippen LogP) is 4.72. The molecule has 4 heteroatoms. The van der Waals surface area contributed by atoms with Crippen LogP contribution in [0.15, 0.2) is 24.3 Å². The Kier molecular flexibility index (Phi) is 3.10. The summed E-state index contributed by atoms with van der Waals surface area (Å²) in [6, 6.07) is 8.28. The van der Waals surface area contributed by atoms with Gasteiger partial charge in [-0.05, 0) is 52.3 Å². The Labute approximate surface area is 129 Å². The minimum atomic E-state index is -0.0554. The molecular formula is C17H21N3S. The van der Waals surface area contributed by atoms with Gasteiger partial charge in [-0.3, -0.25) is 0 Å². The van der Waals surface area contributed by atoms with E-state index in [2.05, 4.69) is 57.4 Å². The highest BCUT2D eigenvalue weighted by atomic mass is 32.1. The van der Waals surface area contributed by atoms with Crippen molar-refractivity contribution >= 4 is 27.4 Å². The molecule has 0 aliphatic heterocycles. The van der Waals surface area contributed by atoms with Crippen LogP contribution in [0.2, 0.25) is 0 Å². The van der Waals surface area contributed by atoms with E-state index < -0.39 is 0 Å². The lowest BCUT2D eigenvalue weighted by Gasteiger charge is -2.25. The van der Waals surface area contributed by atoms with Crippen LogP contribution < -0.4 is 5.73 Å². The number of aromatic nitrogens is 2. The van der Waals surface area contributed by atoms with Crippen LogP contribution in [-0.2, 0) is 5.54 Å². The van der Waals surface area contributed by atoms with E-state index in [-0.39, 0.29) is 5.54 Å². The van der Waals surface area contributed by atoms with Gasteiger partial charge in [-0.25, -0.2) is 4.98 Å². The summed E-state index contributed by atoms with van der Waals surface area (Å²) < 4.78 is 2.30. The minimum absolute atomic E-state index is 0.0554. The standard InChI is InChI=1S/C17H21N3S/c1-10-11(2)21-15(18)14(10)16-19-12-8-6-7-9-13(12)20(16)17(3,4)5/h6-9H,18H2,1-5H3. The fourth-order valence-electron chi connectivity index (χ4n) is 2.80. The second-order valence-electron chi connectivity index (χ2n) is 6.45. The number of fused-ring (bicyclic) bond motifs is 1. The van der Waals surface area contributed by atoms with Crippen LogP contribution in [0.5, 0.6) is 0 Å². The SMILES string of the molecule is Cc1sc(N)c(-c2nc3ccccc3n2C(C)(C)C)c1C. The van der Waals surface area contributed by atoms with E-state index in [1.165, 1.54) is 10.4 Å². The van der Waals surface area contributed by atoms with E-state index in [1.54, 1.807) is 11.3 Å². The number of hydrogen-bond acceptors (Lipinski definition) is 3. The lowest BCUT2D eigenvalue weighted by Crippen LogP contribution is -2.22. The van der Waals surface area contributed by atoms with Gasteiger partial charge in [-0.15, -0.1) is 11.3 Å². The molecule has 1 aromatic carbocycles. The maximum Gasteiger partial charge on any atom is 0.144 e. The smallest absolute Gasteiger partial charge is 0.144 e. The summed E-state index contributed by atoms with van der Waals surface area (Å²) in [5.74, 6) is 0.975. The number of rotatable bonds is 1. The molecule has 3 rings (SSSR count). The first-order chi connectivity index (χ1) is 9.80. The molecule has 110 valence electrons. The maximum atomic E-state index is 6.27. The van der Waals surface area contributed by atoms with Crippen molar-refractivity contribution in [2.75, 3.05) is 5.73 Å². The number of nitrogen functional groups attached to an aromatic ring is 1. The van der Waals surface area contributed by atoms with Gasteiger partial charge in [0.2, 0.25) is 0 Å². The lowest BCUT2D eigenvalue weighted by molar-refractivity contribution is 0.413. The van der Waals surface area contributed by atoms with Crippen LogP contribution in [0.1, 0.15) is 31.2 Å². The van der Waals surface area contributed by atoms with E-state index in [1.807, 2.05) is 6.07 Å². The van der Waals surface area contributed by atoms with Crippen LogP contribution in [0, 0.1) is 13.8 Å². The highest BCUT2D eigenvalue weighted by molar-refractivity contribution is 7.16. The van der Waals surface area contributed by atoms with Crippen molar-refractivity contribution in [2.45, 2.75) is 40.2 Å². The molecule has 21 heavy (non-hydrogen) atoms. The van der Waals surface area contributed by atoms with Crippen molar-refractivity contribution in [3.05, 3.63) is 34.7 Å². The summed E-state index contributed by atoms with van der Waals surface area (Å²) in [6.45, 7) is 10.9. The number of benzene rings is 1. The summed E-state index contributed by atoms with van der Waals surface area (Å²) in [7, 11) is 0. The molecule has 0 unspecified atom stereocenters. The third kappa shape index (κ3) is 2.14. The van der Waals surface area contributed by atoms with E-state index in [4.69, 9.17) is 10.7 Å². The zero-order chi connectivity index (χ0) is 15.4. The Morgan fingerprint density at radius 3 is 2.38 bits per heavy atom. The molecule has 0 fully saturated rings. The third-order valence-corrected chi connectivity index (χ3v) is 4.90. The molecule has 0 aliphatic rings. The molecule has 0 atom stereocenters. The number of para-hydroxylation sites is 2. The molecule has 0 saturated heterocycles. The van der Waals surface area contributed by atoms with Crippen molar-refractivity contribution in [3.8, 4) is 11.4 Å². The van der Waals surface area contributed by atoms with Crippen LogP contribution in [-0.4, -0.2) is 9.55 Å². The Bertz CT molecular complexity index is 819. The first-order valence-corrected chi connectivity index (χ1v) is 7.96. The average Bonchev–Trinajstić information content (AvgIpc) is 2.87. The van der Waals surface area contributed by atoms with E-state index in [0.717, 1.165) is 27.4 Å². The maximum absolute atomic E-state index is 6.27. The van der Waals surface area contributed by atoms with E-state index >= 15 is 0 Å². The number of nitrogens with zero attached hydrogens (tertiary/aromatic N) is 2.